The van der Waals surface area contributed by atoms with Gasteiger partial charge in [0.15, 0.2) is 5.82 Å². The Hall–Kier alpha value is -3.58. The molecular weight excluding hydrogens is 708 g/mol. The first-order valence-electron chi connectivity index (χ1n) is 11.5. The van der Waals surface area contributed by atoms with Gasteiger partial charge in [-0.25, -0.2) is 9.78 Å². The Labute approximate surface area is 245 Å². The third-order valence-corrected chi connectivity index (χ3v) is 7.32. The topological polar surface area (TPSA) is 93.8 Å². The van der Waals surface area contributed by atoms with Crippen molar-refractivity contribution in [3.05, 3.63) is 125 Å². The second kappa shape index (κ2) is 11.4. The third kappa shape index (κ3) is 5.63. The van der Waals surface area contributed by atoms with Crippen molar-refractivity contribution < 1.29 is 14.6 Å². The van der Waals surface area contributed by atoms with E-state index in [2.05, 4.69) is 50.3 Å². The highest BCUT2D eigenvalue weighted by Crippen LogP contribution is 2.29. The molecule has 0 fully saturated rings. The van der Waals surface area contributed by atoms with E-state index in [9.17, 15) is 9.59 Å². The highest BCUT2D eigenvalue weighted by atomic mass is 127. The van der Waals surface area contributed by atoms with E-state index in [1.54, 1.807) is 36.5 Å². The summed E-state index contributed by atoms with van der Waals surface area (Å²) >= 11 is 4.41. The summed E-state index contributed by atoms with van der Waals surface area (Å²) in [5.41, 5.74) is 3.06. The largest absolute Gasteiger partial charge is 0.487 e. The molecule has 1 N–H and O–H groups in total. The molecule has 0 saturated heterocycles. The fourth-order valence-electron chi connectivity index (χ4n) is 3.82. The summed E-state index contributed by atoms with van der Waals surface area (Å²) in [5, 5.41) is 14.1. The molecule has 0 spiro atoms. The number of benzene rings is 4. The second-order valence-corrected chi connectivity index (χ2v) is 10.6. The van der Waals surface area contributed by atoms with Gasteiger partial charge in [0.1, 0.15) is 12.4 Å². The number of halogens is 2. The lowest BCUT2D eigenvalue weighted by atomic mass is 10.1. The zero-order valence-electron chi connectivity index (χ0n) is 19.7. The highest BCUT2D eigenvalue weighted by molar-refractivity contribution is 14.1. The van der Waals surface area contributed by atoms with E-state index in [0.29, 0.717) is 23.3 Å². The van der Waals surface area contributed by atoms with E-state index < -0.39 is 5.97 Å². The Bertz CT molecular complexity index is 1710. The van der Waals surface area contributed by atoms with Crippen LogP contribution < -0.4 is 10.3 Å². The number of nitrogens with zero attached hydrogens (tertiary/aromatic N) is 3. The van der Waals surface area contributed by atoms with Crippen LogP contribution in [0.5, 0.6) is 5.75 Å². The number of carboxylic acid groups (broad SMARTS) is 1. The molecule has 38 heavy (non-hydrogen) atoms. The van der Waals surface area contributed by atoms with Crippen molar-refractivity contribution in [1.29, 1.82) is 0 Å². The number of ether oxygens (including phenoxy) is 1. The SMILES string of the molecule is O=C(O)c1ccc(COc2c(I)cc(C=Nn3c(-c4ccccc4)nc4ccccc4c3=O)cc2I)cc1. The summed E-state index contributed by atoms with van der Waals surface area (Å²) < 4.78 is 9.14. The zero-order chi connectivity index (χ0) is 26.6. The van der Waals surface area contributed by atoms with E-state index >= 15 is 0 Å². The number of carboxylic acids is 1. The lowest BCUT2D eigenvalue weighted by Gasteiger charge is -2.12. The Kier molecular flexibility index (Phi) is 7.84. The van der Waals surface area contributed by atoms with E-state index in [0.717, 1.165) is 29.6 Å². The number of para-hydroxylation sites is 1. The second-order valence-electron chi connectivity index (χ2n) is 8.28. The van der Waals surface area contributed by atoms with Crippen molar-refractivity contribution in [1.82, 2.24) is 9.66 Å². The van der Waals surface area contributed by atoms with Gasteiger partial charge in [0.05, 0.1) is 29.8 Å². The minimum atomic E-state index is -0.962. The number of hydrogen-bond donors (Lipinski definition) is 1. The van der Waals surface area contributed by atoms with Crippen molar-refractivity contribution in [2.75, 3.05) is 0 Å². The molecular formula is C29H19I2N3O4. The molecule has 5 aromatic rings. The van der Waals surface area contributed by atoms with Crippen LogP contribution in [0.2, 0.25) is 0 Å². The summed E-state index contributed by atoms with van der Waals surface area (Å²) in [6.45, 7) is 0.303. The zero-order valence-corrected chi connectivity index (χ0v) is 24.0. The van der Waals surface area contributed by atoms with Crippen LogP contribution in [0, 0.1) is 7.14 Å². The predicted octanol–water partition coefficient (Wildman–Crippen LogP) is 6.43. The molecule has 0 bridgehead atoms. The summed E-state index contributed by atoms with van der Waals surface area (Å²) in [7, 11) is 0. The maximum Gasteiger partial charge on any atom is 0.335 e. The molecule has 7 nitrogen and oxygen atoms in total. The third-order valence-electron chi connectivity index (χ3n) is 5.71. The maximum absolute atomic E-state index is 13.4. The van der Waals surface area contributed by atoms with Gasteiger partial charge in [-0.15, -0.1) is 0 Å². The van der Waals surface area contributed by atoms with Gasteiger partial charge in [0.25, 0.3) is 5.56 Å². The number of carbonyl (C=O) groups is 1. The average molecular weight is 727 g/mol. The molecule has 0 aliphatic rings. The minimum Gasteiger partial charge on any atom is -0.487 e. The monoisotopic (exact) mass is 727 g/mol. The molecule has 0 unspecified atom stereocenters. The van der Waals surface area contributed by atoms with Gasteiger partial charge in [-0.05, 0) is 92.7 Å². The lowest BCUT2D eigenvalue weighted by molar-refractivity contribution is 0.0697. The molecule has 0 atom stereocenters. The van der Waals surface area contributed by atoms with Crippen LogP contribution in [0.3, 0.4) is 0 Å². The molecule has 4 aromatic carbocycles. The molecule has 0 aliphatic heterocycles. The van der Waals surface area contributed by atoms with Crippen LogP contribution >= 0.6 is 45.2 Å². The summed E-state index contributed by atoms with van der Waals surface area (Å²) in [4.78, 5) is 29.2. The fourth-order valence-corrected chi connectivity index (χ4v) is 5.95. The van der Waals surface area contributed by atoms with E-state index in [-0.39, 0.29) is 11.1 Å². The summed E-state index contributed by atoms with van der Waals surface area (Å²) in [6, 6.07) is 27.2. The first kappa shape index (κ1) is 26.0. The molecule has 1 aromatic heterocycles. The molecule has 9 heteroatoms. The number of aromatic nitrogens is 2. The molecule has 188 valence electrons. The Morgan fingerprint density at radius 1 is 0.947 bits per heavy atom. The first-order valence-corrected chi connectivity index (χ1v) is 13.6. The predicted molar refractivity (Wildman–Crippen MR) is 164 cm³/mol. The Balaban J connectivity index is 1.45. The number of hydrogen-bond acceptors (Lipinski definition) is 5. The summed E-state index contributed by atoms with van der Waals surface area (Å²) in [6.07, 6.45) is 1.64. The molecule has 0 amide bonds. The smallest absolute Gasteiger partial charge is 0.335 e. The molecule has 5 rings (SSSR count). The van der Waals surface area contributed by atoms with Crippen LogP contribution in [0.4, 0.5) is 0 Å². The van der Waals surface area contributed by atoms with Gasteiger partial charge in [0.2, 0.25) is 0 Å². The Morgan fingerprint density at radius 3 is 2.29 bits per heavy atom. The summed E-state index contributed by atoms with van der Waals surface area (Å²) in [5.74, 6) is 0.223. The van der Waals surface area contributed by atoms with Crippen LogP contribution in [0.25, 0.3) is 22.3 Å². The van der Waals surface area contributed by atoms with Gasteiger partial charge in [0, 0.05) is 5.56 Å². The van der Waals surface area contributed by atoms with Gasteiger partial charge in [-0.3, -0.25) is 4.79 Å². The van der Waals surface area contributed by atoms with Crippen molar-refractivity contribution in [2.24, 2.45) is 5.10 Å². The minimum absolute atomic E-state index is 0.234. The fraction of sp³-hybridized carbons (Fsp3) is 0.0345. The molecule has 1 heterocycles. The normalized spacial score (nSPS) is 11.2. The molecule has 0 saturated carbocycles. The Morgan fingerprint density at radius 2 is 1.61 bits per heavy atom. The lowest BCUT2D eigenvalue weighted by Crippen LogP contribution is -2.20. The van der Waals surface area contributed by atoms with Crippen LogP contribution in [0.1, 0.15) is 21.5 Å². The quantitative estimate of drug-likeness (QED) is 0.154. The van der Waals surface area contributed by atoms with Crippen molar-refractivity contribution in [3.63, 3.8) is 0 Å². The van der Waals surface area contributed by atoms with Gasteiger partial charge >= 0.3 is 5.97 Å². The van der Waals surface area contributed by atoms with Crippen LogP contribution in [0.15, 0.2) is 101 Å². The highest BCUT2D eigenvalue weighted by Gasteiger charge is 2.13. The van der Waals surface area contributed by atoms with Gasteiger partial charge in [-0.1, -0.05) is 54.6 Å². The van der Waals surface area contributed by atoms with Crippen molar-refractivity contribution in [2.45, 2.75) is 6.61 Å². The number of aromatic carboxylic acids is 1. The standard InChI is InChI=1S/C29H19I2N3O4/c30-23-14-19(15-24(31)26(23)38-17-18-10-12-21(13-11-18)29(36)37)16-32-34-27(20-6-2-1-3-7-20)33-25-9-5-4-8-22(25)28(34)35/h1-16H,17H2,(H,36,37). The average Bonchev–Trinajstić information content (AvgIpc) is 2.93. The van der Waals surface area contributed by atoms with Crippen molar-refractivity contribution in [3.8, 4) is 17.1 Å². The van der Waals surface area contributed by atoms with E-state index in [1.807, 2.05) is 60.7 Å². The van der Waals surface area contributed by atoms with E-state index in [4.69, 9.17) is 14.8 Å². The van der Waals surface area contributed by atoms with Crippen LogP contribution in [-0.4, -0.2) is 27.0 Å². The van der Waals surface area contributed by atoms with E-state index in [1.165, 1.54) is 4.68 Å². The van der Waals surface area contributed by atoms with Gasteiger partial charge in [-0.2, -0.15) is 9.78 Å². The maximum atomic E-state index is 13.4. The molecule has 0 radical (unpaired) electrons. The number of rotatable bonds is 7. The van der Waals surface area contributed by atoms with Crippen LogP contribution in [-0.2, 0) is 6.61 Å². The van der Waals surface area contributed by atoms with Gasteiger partial charge < -0.3 is 9.84 Å². The number of fused-ring (bicyclic) bond motifs is 1. The molecule has 0 aliphatic carbocycles. The van der Waals surface area contributed by atoms with Crippen molar-refractivity contribution >= 4 is 68.3 Å². The first-order chi connectivity index (χ1) is 18.4.